The van der Waals surface area contributed by atoms with Gasteiger partial charge >= 0.3 is 0 Å². The molecule has 1 amide bonds. The predicted octanol–water partition coefficient (Wildman–Crippen LogP) is 2.79. The summed E-state index contributed by atoms with van der Waals surface area (Å²) in [4.78, 5) is 16.7. The monoisotopic (exact) mass is 382 g/mol. The molecule has 0 bridgehead atoms. The third kappa shape index (κ3) is 5.97. The highest BCUT2D eigenvalue weighted by molar-refractivity contribution is 5.99. The quantitative estimate of drug-likeness (QED) is 0.617. The molecule has 1 N–H and O–H groups in total. The van der Waals surface area contributed by atoms with Gasteiger partial charge < -0.3 is 0 Å². The second-order valence-electron chi connectivity index (χ2n) is 7.28. The van der Waals surface area contributed by atoms with E-state index < -0.39 is 0 Å². The highest BCUT2D eigenvalue weighted by atomic mass is 19.1. The van der Waals surface area contributed by atoms with Crippen LogP contribution in [-0.2, 0) is 11.3 Å². The van der Waals surface area contributed by atoms with Crippen LogP contribution in [0, 0.1) is 12.7 Å². The van der Waals surface area contributed by atoms with Gasteiger partial charge in [0.05, 0.1) is 12.3 Å². The van der Waals surface area contributed by atoms with Crippen molar-refractivity contribution < 1.29 is 9.18 Å². The first-order valence-corrected chi connectivity index (χ1v) is 9.59. The maximum absolute atomic E-state index is 13.0. The minimum absolute atomic E-state index is 0.131. The Morgan fingerprint density at radius 2 is 1.61 bits per heavy atom. The highest BCUT2D eigenvalue weighted by Crippen LogP contribution is 2.10. The molecule has 0 atom stereocenters. The van der Waals surface area contributed by atoms with Crippen molar-refractivity contribution in [2.75, 3.05) is 32.7 Å². The van der Waals surface area contributed by atoms with Gasteiger partial charge in [-0.05, 0) is 37.1 Å². The van der Waals surface area contributed by atoms with Gasteiger partial charge in [-0.15, -0.1) is 0 Å². The van der Waals surface area contributed by atoms with Crippen molar-refractivity contribution in [3.63, 3.8) is 0 Å². The highest BCUT2D eigenvalue weighted by Gasteiger charge is 2.19. The van der Waals surface area contributed by atoms with E-state index in [0.29, 0.717) is 12.3 Å². The molecule has 1 fully saturated rings. The molecule has 0 unspecified atom stereocenters. The molecule has 28 heavy (non-hydrogen) atoms. The second kappa shape index (κ2) is 9.57. The molecule has 3 rings (SSSR count). The van der Waals surface area contributed by atoms with Crippen LogP contribution in [0.25, 0.3) is 0 Å². The van der Waals surface area contributed by atoms with E-state index in [1.165, 1.54) is 23.3 Å². The van der Waals surface area contributed by atoms with Crippen LogP contribution >= 0.6 is 0 Å². The summed E-state index contributed by atoms with van der Waals surface area (Å²) in [6.07, 6.45) is 0. The van der Waals surface area contributed by atoms with Crippen molar-refractivity contribution >= 4 is 11.6 Å². The SMILES string of the molecule is C/C(=N/NC(=O)CN1CCN(Cc2ccc(C)cc2)CC1)c1ccc(F)cc1. The smallest absolute Gasteiger partial charge is 0.254 e. The molecule has 2 aromatic rings. The van der Waals surface area contributed by atoms with Gasteiger partial charge in [-0.25, -0.2) is 9.82 Å². The normalized spacial score (nSPS) is 16.2. The van der Waals surface area contributed by atoms with Crippen molar-refractivity contribution in [3.8, 4) is 0 Å². The fourth-order valence-electron chi connectivity index (χ4n) is 3.20. The molecule has 1 heterocycles. The summed E-state index contributed by atoms with van der Waals surface area (Å²) in [5.74, 6) is -0.421. The van der Waals surface area contributed by atoms with Gasteiger partial charge in [0.1, 0.15) is 5.82 Å². The first-order valence-electron chi connectivity index (χ1n) is 9.59. The van der Waals surface area contributed by atoms with Crippen LogP contribution in [0.15, 0.2) is 53.6 Å². The van der Waals surface area contributed by atoms with Crippen molar-refractivity contribution in [1.29, 1.82) is 0 Å². The minimum Gasteiger partial charge on any atom is -0.297 e. The van der Waals surface area contributed by atoms with E-state index in [-0.39, 0.29) is 11.7 Å². The van der Waals surface area contributed by atoms with E-state index in [1.807, 2.05) is 0 Å². The van der Waals surface area contributed by atoms with Gasteiger partial charge in [0.25, 0.3) is 5.91 Å². The van der Waals surface area contributed by atoms with Gasteiger partial charge in [0.15, 0.2) is 0 Å². The van der Waals surface area contributed by atoms with Gasteiger partial charge in [-0.1, -0.05) is 42.0 Å². The third-order valence-corrected chi connectivity index (χ3v) is 4.97. The van der Waals surface area contributed by atoms with Crippen LogP contribution < -0.4 is 5.43 Å². The number of carbonyl (C=O) groups is 1. The summed E-state index contributed by atoms with van der Waals surface area (Å²) >= 11 is 0. The molecule has 6 heteroatoms. The maximum Gasteiger partial charge on any atom is 0.254 e. The molecule has 2 aromatic carbocycles. The van der Waals surface area contributed by atoms with E-state index >= 15 is 0 Å². The Morgan fingerprint density at radius 3 is 2.25 bits per heavy atom. The number of hydrazone groups is 1. The summed E-state index contributed by atoms with van der Waals surface area (Å²) in [5, 5.41) is 4.12. The molecular formula is C22H27FN4O. The Balaban J connectivity index is 1.41. The lowest BCUT2D eigenvalue weighted by atomic mass is 10.1. The topological polar surface area (TPSA) is 47.9 Å². The Hall–Kier alpha value is -2.57. The van der Waals surface area contributed by atoms with Crippen molar-refractivity contribution in [3.05, 3.63) is 71.0 Å². The number of nitrogens with one attached hydrogen (secondary N) is 1. The van der Waals surface area contributed by atoms with Gasteiger partial charge in [-0.2, -0.15) is 5.10 Å². The molecule has 1 aliphatic heterocycles. The molecule has 1 aliphatic rings. The third-order valence-electron chi connectivity index (χ3n) is 4.97. The molecule has 5 nitrogen and oxygen atoms in total. The summed E-state index contributed by atoms with van der Waals surface area (Å²) in [6, 6.07) is 14.7. The first-order chi connectivity index (χ1) is 13.5. The van der Waals surface area contributed by atoms with E-state index in [0.717, 1.165) is 38.3 Å². The molecule has 1 saturated heterocycles. The standard InChI is InChI=1S/C22H27FN4O/c1-17-3-5-19(6-4-17)15-26-11-13-27(14-12-26)16-22(28)25-24-18(2)20-7-9-21(23)10-8-20/h3-10H,11-16H2,1-2H3,(H,25,28)/b24-18-. The Bertz CT molecular complexity index is 809. The molecular weight excluding hydrogens is 355 g/mol. The molecule has 0 aliphatic carbocycles. The van der Waals surface area contributed by atoms with Crippen LogP contribution in [0.2, 0.25) is 0 Å². The van der Waals surface area contributed by atoms with Crippen LogP contribution in [0.1, 0.15) is 23.6 Å². The van der Waals surface area contributed by atoms with Gasteiger partial charge in [0.2, 0.25) is 0 Å². The minimum atomic E-state index is -0.290. The average Bonchev–Trinajstić information content (AvgIpc) is 2.70. The summed E-state index contributed by atoms with van der Waals surface area (Å²) in [6.45, 7) is 8.77. The number of carbonyl (C=O) groups excluding carboxylic acids is 1. The zero-order valence-corrected chi connectivity index (χ0v) is 16.5. The number of amides is 1. The van der Waals surface area contributed by atoms with E-state index in [1.54, 1.807) is 19.1 Å². The average molecular weight is 382 g/mol. The summed E-state index contributed by atoms with van der Waals surface area (Å²) in [7, 11) is 0. The van der Waals surface area contributed by atoms with Crippen LogP contribution in [0.5, 0.6) is 0 Å². The zero-order chi connectivity index (χ0) is 19.9. The first kappa shape index (κ1) is 20.2. The Morgan fingerprint density at radius 1 is 1.00 bits per heavy atom. The fraction of sp³-hybridized carbons (Fsp3) is 0.364. The number of halogens is 1. The largest absolute Gasteiger partial charge is 0.297 e. The lowest BCUT2D eigenvalue weighted by molar-refractivity contribution is -0.122. The number of piperazine rings is 1. The zero-order valence-electron chi connectivity index (χ0n) is 16.5. The number of aryl methyl sites for hydroxylation is 1. The summed E-state index contributed by atoms with van der Waals surface area (Å²) in [5.41, 5.74) is 6.63. The molecule has 0 saturated carbocycles. The van der Waals surface area contributed by atoms with Gasteiger partial charge in [0, 0.05) is 32.7 Å². The van der Waals surface area contributed by atoms with E-state index in [4.69, 9.17) is 0 Å². The second-order valence-corrected chi connectivity index (χ2v) is 7.28. The Kier molecular flexibility index (Phi) is 6.90. The number of nitrogens with zero attached hydrogens (tertiary/aromatic N) is 3. The van der Waals surface area contributed by atoms with E-state index in [2.05, 4.69) is 51.5 Å². The molecule has 0 aromatic heterocycles. The van der Waals surface area contributed by atoms with Crippen LogP contribution in [0.4, 0.5) is 4.39 Å². The van der Waals surface area contributed by atoms with Crippen molar-refractivity contribution in [1.82, 2.24) is 15.2 Å². The summed E-state index contributed by atoms with van der Waals surface area (Å²) < 4.78 is 13.0. The number of hydrogen-bond acceptors (Lipinski definition) is 4. The molecule has 0 spiro atoms. The Labute approximate surface area is 165 Å². The lowest BCUT2D eigenvalue weighted by Gasteiger charge is -2.34. The molecule has 0 radical (unpaired) electrons. The van der Waals surface area contributed by atoms with Crippen LogP contribution in [-0.4, -0.2) is 54.1 Å². The lowest BCUT2D eigenvalue weighted by Crippen LogP contribution is -2.48. The fourth-order valence-corrected chi connectivity index (χ4v) is 3.20. The number of hydrogen-bond donors (Lipinski definition) is 1. The maximum atomic E-state index is 13.0. The van der Waals surface area contributed by atoms with Crippen LogP contribution in [0.3, 0.4) is 0 Å². The van der Waals surface area contributed by atoms with Crippen molar-refractivity contribution in [2.45, 2.75) is 20.4 Å². The number of rotatable bonds is 6. The van der Waals surface area contributed by atoms with Gasteiger partial charge in [-0.3, -0.25) is 14.6 Å². The number of benzene rings is 2. The van der Waals surface area contributed by atoms with E-state index in [9.17, 15) is 9.18 Å². The predicted molar refractivity (Wildman–Crippen MR) is 110 cm³/mol. The van der Waals surface area contributed by atoms with Crippen molar-refractivity contribution in [2.24, 2.45) is 5.10 Å². The molecule has 148 valence electrons.